The number of carbonyl (C=O) groups excluding carboxylic acids is 1. The highest BCUT2D eigenvalue weighted by atomic mass is 19.1. The van der Waals surface area contributed by atoms with Crippen LogP contribution in [-0.4, -0.2) is 11.3 Å². The first-order chi connectivity index (χ1) is 12.7. The van der Waals surface area contributed by atoms with E-state index in [0.29, 0.717) is 12.0 Å². The number of carbonyl (C=O) groups is 1. The number of aromatic nitrogens is 1. The van der Waals surface area contributed by atoms with Crippen LogP contribution in [0.1, 0.15) is 28.4 Å². The number of nitrogens with one attached hydrogen (secondary N) is 1. The third kappa shape index (κ3) is 4.22. The summed E-state index contributed by atoms with van der Waals surface area (Å²) in [6.45, 7) is 2.02. The Morgan fingerprint density at radius 3 is 2.42 bits per heavy atom. The maximum atomic E-state index is 13.4. The predicted molar refractivity (Wildman–Crippen MR) is 102 cm³/mol. The molecule has 0 aliphatic heterocycles. The van der Waals surface area contributed by atoms with Crippen LogP contribution in [0.3, 0.4) is 0 Å². The van der Waals surface area contributed by atoms with Crippen LogP contribution in [-0.2, 0) is 6.42 Å². The zero-order valence-electron chi connectivity index (χ0n) is 14.4. The minimum atomic E-state index is -0.284. The average molecular weight is 346 g/mol. The monoisotopic (exact) mass is 346 g/mol. The Morgan fingerprint density at radius 1 is 1.04 bits per heavy atom. The molecule has 26 heavy (non-hydrogen) atoms. The molecule has 0 spiro atoms. The Balaban J connectivity index is 2.02. The van der Waals surface area contributed by atoms with Crippen molar-refractivity contribution < 1.29 is 9.18 Å². The number of nitrogens with zero attached hydrogens (tertiary/aromatic N) is 1. The standard InChI is InChI=1S/C22H19FN2O/c1-16(14-17-10-12-24-13-11-17)22(18-6-8-20(23)9-7-18)25-21-5-3-2-4-19(21)15-26/h2-13,15,25H,14H2,1H3/b22-16+. The molecule has 3 nitrogen and oxygen atoms in total. The number of aldehydes is 1. The van der Waals surface area contributed by atoms with E-state index in [4.69, 9.17) is 0 Å². The highest BCUT2D eigenvalue weighted by molar-refractivity contribution is 5.89. The molecule has 4 heteroatoms. The van der Waals surface area contributed by atoms with Crippen LogP contribution in [0.15, 0.2) is 78.6 Å². The second-order valence-electron chi connectivity index (χ2n) is 6.02. The molecule has 0 unspecified atom stereocenters. The van der Waals surface area contributed by atoms with Crippen molar-refractivity contribution in [2.24, 2.45) is 0 Å². The fourth-order valence-electron chi connectivity index (χ4n) is 2.79. The maximum absolute atomic E-state index is 13.4. The molecule has 0 radical (unpaired) electrons. The van der Waals surface area contributed by atoms with Crippen LogP contribution in [0.2, 0.25) is 0 Å². The zero-order chi connectivity index (χ0) is 18.4. The Kier molecular flexibility index (Phi) is 5.54. The molecule has 0 amide bonds. The van der Waals surface area contributed by atoms with E-state index < -0.39 is 0 Å². The summed E-state index contributed by atoms with van der Waals surface area (Å²) in [5.41, 5.74) is 5.21. The molecule has 0 fully saturated rings. The number of benzene rings is 2. The first-order valence-electron chi connectivity index (χ1n) is 8.33. The average Bonchev–Trinajstić information content (AvgIpc) is 2.68. The van der Waals surface area contributed by atoms with Gasteiger partial charge in [-0.05, 0) is 78.6 Å². The maximum Gasteiger partial charge on any atom is 0.152 e. The fourth-order valence-corrected chi connectivity index (χ4v) is 2.79. The minimum absolute atomic E-state index is 0.284. The van der Waals surface area contributed by atoms with Crippen LogP contribution >= 0.6 is 0 Å². The number of anilines is 1. The van der Waals surface area contributed by atoms with Crippen LogP contribution < -0.4 is 5.32 Å². The summed E-state index contributed by atoms with van der Waals surface area (Å²) in [5, 5.41) is 3.36. The van der Waals surface area contributed by atoms with Crippen molar-refractivity contribution in [1.82, 2.24) is 4.98 Å². The third-order valence-electron chi connectivity index (χ3n) is 4.13. The number of pyridine rings is 1. The number of para-hydroxylation sites is 1. The van der Waals surface area contributed by atoms with E-state index in [0.717, 1.165) is 34.4 Å². The molecular formula is C22H19FN2O. The van der Waals surface area contributed by atoms with Gasteiger partial charge in [-0.3, -0.25) is 9.78 Å². The Bertz CT molecular complexity index is 918. The Labute approximate surface area is 152 Å². The van der Waals surface area contributed by atoms with Gasteiger partial charge in [-0.2, -0.15) is 0 Å². The molecule has 0 atom stereocenters. The normalized spacial score (nSPS) is 11.6. The molecule has 1 heterocycles. The van der Waals surface area contributed by atoms with Gasteiger partial charge >= 0.3 is 0 Å². The van der Waals surface area contributed by atoms with Gasteiger partial charge in [0.2, 0.25) is 0 Å². The lowest BCUT2D eigenvalue weighted by Crippen LogP contribution is -2.05. The summed E-state index contributed by atoms with van der Waals surface area (Å²) in [5.74, 6) is -0.284. The van der Waals surface area contributed by atoms with Gasteiger partial charge in [0.1, 0.15) is 5.82 Å². The van der Waals surface area contributed by atoms with Gasteiger partial charge < -0.3 is 5.32 Å². The van der Waals surface area contributed by atoms with E-state index in [1.165, 1.54) is 12.1 Å². The Morgan fingerprint density at radius 2 is 1.73 bits per heavy atom. The number of hydrogen-bond acceptors (Lipinski definition) is 3. The molecule has 1 aromatic heterocycles. The largest absolute Gasteiger partial charge is 0.354 e. The van der Waals surface area contributed by atoms with Gasteiger partial charge in [0.05, 0.1) is 0 Å². The molecule has 2 aromatic carbocycles. The number of halogens is 1. The van der Waals surface area contributed by atoms with Crippen molar-refractivity contribution in [3.8, 4) is 0 Å². The molecule has 0 aliphatic carbocycles. The van der Waals surface area contributed by atoms with Crippen molar-refractivity contribution in [2.75, 3.05) is 5.32 Å². The Hall–Kier alpha value is -3.27. The van der Waals surface area contributed by atoms with Crippen LogP contribution in [0.25, 0.3) is 5.70 Å². The van der Waals surface area contributed by atoms with Crippen molar-refractivity contribution >= 4 is 17.7 Å². The highest BCUT2D eigenvalue weighted by Crippen LogP contribution is 2.26. The van der Waals surface area contributed by atoms with Crippen molar-refractivity contribution in [1.29, 1.82) is 0 Å². The van der Waals surface area contributed by atoms with Gasteiger partial charge in [-0.1, -0.05) is 12.1 Å². The lowest BCUT2D eigenvalue weighted by atomic mass is 10.0. The topological polar surface area (TPSA) is 42.0 Å². The van der Waals surface area contributed by atoms with Gasteiger partial charge in [0.15, 0.2) is 6.29 Å². The summed E-state index contributed by atoms with van der Waals surface area (Å²) in [6.07, 6.45) is 5.05. The van der Waals surface area contributed by atoms with Crippen molar-refractivity contribution in [3.63, 3.8) is 0 Å². The van der Waals surface area contributed by atoms with Gasteiger partial charge in [0.25, 0.3) is 0 Å². The van der Waals surface area contributed by atoms with Crippen molar-refractivity contribution in [2.45, 2.75) is 13.3 Å². The molecule has 0 bridgehead atoms. The van der Waals surface area contributed by atoms with E-state index in [9.17, 15) is 9.18 Å². The lowest BCUT2D eigenvalue weighted by Gasteiger charge is -2.17. The second-order valence-corrected chi connectivity index (χ2v) is 6.02. The van der Waals surface area contributed by atoms with E-state index in [1.54, 1.807) is 30.6 Å². The number of rotatable bonds is 6. The lowest BCUT2D eigenvalue weighted by molar-refractivity contribution is 0.112. The van der Waals surface area contributed by atoms with E-state index in [1.807, 2.05) is 37.3 Å². The zero-order valence-corrected chi connectivity index (χ0v) is 14.4. The van der Waals surface area contributed by atoms with E-state index in [2.05, 4.69) is 10.3 Å². The first-order valence-corrected chi connectivity index (χ1v) is 8.33. The third-order valence-corrected chi connectivity index (χ3v) is 4.13. The summed E-state index contributed by atoms with van der Waals surface area (Å²) in [6, 6.07) is 17.6. The highest BCUT2D eigenvalue weighted by Gasteiger charge is 2.10. The SMILES string of the molecule is C/C(Cc1ccncc1)=C(\Nc1ccccc1C=O)c1ccc(F)cc1. The number of hydrogen-bond donors (Lipinski definition) is 1. The molecule has 0 saturated heterocycles. The molecule has 3 rings (SSSR count). The van der Waals surface area contributed by atoms with Gasteiger partial charge in [-0.15, -0.1) is 0 Å². The molecule has 1 N–H and O–H groups in total. The summed E-state index contributed by atoms with van der Waals surface area (Å²) >= 11 is 0. The summed E-state index contributed by atoms with van der Waals surface area (Å²) in [7, 11) is 0. The van der Waals surface area contributed by atoms with Gasteiger partial charge in [-0.25, -0.2) is 4.39 Å². The molecule has 0 saturated carbocycles. The minimum Gasteiger partial charge on any atom is -0.354 e. The quantitative estimate of drug-likeness (QED) is 0.630. The first kappa shape index (κ1) is 17.5. The van der Waals surface area contributed by atoms with Crippen molar-refractivity contribution in [3.05, 3.63) is 101 Å². The summed E-state index contributed by atoms with van der Waals surface area (Å²) < 4.78 is 13.4. The van der Waals surface area contributed by atoms with Crippen LogP contribution in [0.5, 0.6) is 0 Å². The fraction of sp³-hybridized carbons (Fsp3) is 0.0909. The van der Waals surface area contributed by atoms with Crippen LogP contribution in [0.4, 0.5) is 10.1 Å². The van der Waals surface area contributed by atoms with E-state index >= 15 is 0 Å². The molecule has 130 valence electrons. The van der Waals surface area contributed by atoms with E-state index in [-0.39, 0.29) is 5.82 Å². The van der Waals surface area contributed by atoms with Gasteiger partial charge in [0, 0.05) is 29.3 Å². The summed E-state index contributed by atoms with van der Waals surface area (Å²) in [4.78, 5) is 15.4. The second kappa shape index (κ2) is 8.21. The molecular weight excluding hydrogens is 327 g/mol. The number of allylic oxidation sites excluding steroid dienone is 1. The van der Waals surface area contributed by atoms with Crippen LogP contribution in [0, 0.1) is 5.82 Å². The predicted octanol–water partition coefficient (Wildman–Crippen LogP) is 5.12. The smallest absolute Gasteiger partial charge is 0.152 e. The molecule has 0 aliphatic rings. The molecule has 3 aromatic rings.